The Hall–Kier alpha value is -1.30. The SMILES string of the molecule is CC(C)(C)OC(=O)N[C@@H]1CNC[C@@H]1CC(=O)O. The van der Waals surface area contributed by atoms with Gasteiger partial charge in [-0.15, -0.1) is 0 Å². The highest BCUT2D eigenvalue weighted by Gasteiger charge is 2.31. The fourth-order valence-electron chi connectivity index (χ4n) is 1.80. The Labute approximate surface area is 101 Å². The number of carbonyl (C=O) groups is 2. The van der Waals surface area contributed by atoms with Crippen LogP contribution in [0.15, 0.2) is 0 Å². The van der Waals surface area contributed by atoms with Gasteiger partial charge in [-0.1, -0.05) is 0 Å². The second kappa shape index (κ2) is 5.35. The predicted molar refractivity (Wildman–Crippen MR) is 61.8 cm³/mol. The molecule has 1 fully saturated rings. The van der Waals surface area contributed by atoms with Crippen LogP contribution in [0.2, 0.25) is 0 Å². The highest BCUT2D eigenvalue weighted by Crippen LogP contribution is 2.14. The normalized spacial score (nSPS) is 24.4. The van der Waals surface area contributed by atoms with E-state index in [1.165, 1.54) is 0 Å². The summed E-state index contributed by atoms with van der Waals surface area (Å²) in [7, 11) is 0. The maximum Gasteiger partial charge on any atom is 0.407 e. The lowest BCUT2D eigenvalue weighted by atomic mass is 10.0. The summed E-state index contributed by atoms with van der Waals surface area (Å²) in [5, 5.41) is 14.5. The summed E-state index contributed by atoms with van der Waals surface area (Å²) in [5.41, 5.74) is -0.543. The minimum Gasteiger partial charge on any atom is -0.481 e. The van der Waals surface area contributed by atoms with Gasteiger partial charge >= 0.3 is 12.1 Å². The molecule has 6 nitrogen and oxygen atoms in total. The van der Waals surface area contributed by atoms with Gasteiger partial charge in [-0.3, -0.25) is 4.79 Å². The highest BCUT2D eigenvalue weighted by atomic mass is 16.6. The van der Waals surface area contributed by atoms with Crippen LogP contribution in [0.1, 0.15) is 27.2 Å². The van der Waals surface area contributed by atoms with Crippen molar-refractivity contribution in [2.75, 3.05) is 13.1 Å². The van der Waals surface area contributed by atoms with Gasteiger partial charge in [0, 0.05) is 25.0 Å². The molecule has 2 atom stereocenters. The molecule has 3 N–H and O–H groups in total. The zero-order valence-electron chi connectivity index (χ0n) is 10.4. The zero-order chi connectivity index (χ0) is 13.1. The van der Waals surface area contributed by atoms with E-state index >= 15 is 0 Å². The van der Waals surface area contributed by atoms with Gasteiger partial charge in [0.25, 0.3) is 0 Å². The van der Waals surface area contributed by atoms with Crippen LogP contribution in [0.3, 0.4) is 0 Å². The van der Waals surface area contributed by atoms with Crippen LogP contribution >= 0.6 is 0 Å². The molecule has 1 aliphatic rings. The number of nitrogens with one attached hydrogen (secondary N) is 2. The summed E-state index contributed by atoms with van der Waals surface area (Å²) in [6, 6.07) is -0.180. The number of ether oxygens (including phenoxy) is 1. The van der Waals surface area contributed by atoms with Crippen LogP contribution in [-0.2, 0) is 9.53 Å². The van der Waals surface area contributed by atoms with Crippen LogP contribution in [0.25, 0.3) is 0 Å². The molecule has 1 rings (SSSR count). The number of amides is 1. The van der Waals surface area contributed by atoms with Crippen molar-refractivity contribution >= 4 is 12.1 Å². The van der Waals surface area contributed by atoms with E-state index in [4.69, 9.17) is 9.84 Å². The molecule has 0 radical (unpaired) electrons. The van der Waals surface area contributed by atoms with Crippen molar-refractivity contribution < 1.29 is 19.4 Å². The van der Waals surface area contributed by atoms with Crippen LogP contribution in [-0.4, -0.2) is 41.9 Å². The molecule has 0 saturated carbocycles. The van der Waals surface area contributed by atoms with Crippen molar-refractivity contribution in [3.05, 3.63) is 0 Å². The third kappa shape index (κ3) is 5.04. The van der Waals surface area contributed by atoms with Crippen LogP contribution in [0.4, 0.5) is 4.79 Å². The third-order valence-electron chi connectivity index (χ3n) is 2.48. The highest BCUT2D eigenvalue weighted by molar-refractivity contribution is 5.69. The lowest BCUT2D eigenvalue weighted by molar-refractivity contribution is -0.138. The maximum atomic E-state index is 11.5. The number of alkyl carbamates (subject to hydrolysis) is 1. The first-order valence-corrected chi connectivity index (χ1v) is 5.70. The molecule has 0 aliphatic carbocycles. The topological polar surface area (TPSA) is 87.7 Å². The molecule has 17 heavy (non-hydrogen) atoms. The fourth-order valence-corrected chi connectivity index (χ4v) is 1.80. The molecule has 98 valence electrons. The van der Waals surface area contributed by atoms with E-state index in [9.17, 15) is 9.59 Å². The number of carboxylic acid groups (broad SMARTS) is 1. The molecule has 6 heteroatoms. The molecule has 0 bridgehead atoms. The van der Waals surface area contributed by atoms with Crippen molar-refractivity contribution in [1.29, 1.82) is 0 Å². The van der Waals surface area contributed by atoms with E-state index in [-0.39, 0.29) is 18.4 Å². The quantitative estimate of drug-likeness (QED) is 0.675. The number of rotatable bonds is 3. The number of carboxylic acids is 1. The van der Waals surface area contributed by atoms with Crippen molar-refractivity contribution in [3.63, 3.8) is 0 Å². The van der Waals surface area contributed by atoms with Crippen molar-refractivity contribution in [1.82, 2.24) is 10.6 Å². The summed E-state index contributed by atoms with van der Waals surface area (Å²) in [6.07, 6.45) is -0.449. The number of hydrogen-bond acceptors (Lipinski definition) is 4. The second-order valence-corrected chi connectivity index (χ2v) is 5.27. The Kier molecular flexibility index (Phi) is 4.34. The van der Waals surface area contributed by atoms with Gasteiger partial charge in [0.05, 0.1) is 6.42 Å². The van der Waals surface area contributed by atoms with Crippen molar-refractivity contribution in [2.24, 2.45) is 5.92 Å². The molecule has 0 aromatic rings. The molecule has 1 heterocycles. The molecule has 1 saturated heterocycles. The van der Waals surface area contributed by atoms with Crippen molar-refractivity contribution in [2.45, 2.75) is 38.8 Å². The first-order chi connectivity index (χ1) is 7.78. The second-order valence-electron chi connectivity index (χ2n) is 5.27. The summed E-state index contributed by atoms with van der Waals surface area (Å²) in [5.74, 6) is -0.935. The van der Waals surface area contributed by atoms with E-state index in [1.54, 1.807) is 20.8 Å². The largest absolute Gasteiger partial charge is 0.481 e. The Bertz CT molecular complexity index is 298. The minimum atomic E-state index is -0.852. The van der Waals surface area contributed by atoms with E-state index in [2.05, 4.69) is 10.6 Å². The van der Waals surface area contributed by atoms with Crippen LogP contribution in [0.5, 0.6) is 0 Å². The van der Waals surface area contributed by atoms with Crippen LogP contribution in [0, 0.1) is 5.92 Å². The lowest BCUT2D eigenvalue weighted by Crippen LogP contribution is -2.43. The Morgan fingerprint density at radius 2 is 2.06 bits per heavy atom. The van der Waals surface area contributed by atoms with E-state index in [0.717, 1.165) is 0 Å². The summed E-state index contributed by atoms with van der Waals surface area (Å²) in [4.78, 5) is 22.2. The van der Waals surface area contributed by atoms with Gasteiger partial charge < -0.3 is 20.5 Å². The molecule has 0 unspecified atom stereocenters. The van der Waals surface area contributed by atoms with Gasteiger partial charge in [-0.05, 0) is 20.8 Å². The molecule has 0 aromatic heterocycles. The first kappa shape index (κ1) is 13.8. The Morgan fingerprint density at radius 1 is 1.41 bits per heavy atom. The summed E-state index contributed by atoms with van der Waals surface area (Å²) >= 11 is 0. The standard InChI is InChI=1S/C11H20N2O4/c1-11(2,3)17-10(16)13-8-6-12-5-7(8)4-9(14)15/h7-8,12H,4-6H2,1-3H3,(H,13,16)(H,14,15)/t7-,8+/m0/s1. The minimum absolute atomic E-state index is 0.0491. The molecule has 0 aromatic carbocycles. The van der Waals surface area contributed by atoms with E-state index in [1.807, 2.05) is 0 Å². The van der Waals surface area contributed by atoms with Gasteiger partial charge in [0.1, 0.15) is 5.60 Å². The third-order valence-corrected chi connectivity index (χ3v) is 2.48. The van der Waals surface area contributed by atoms with Gasteiger partial charge in [0.2, 0.25) is 0 Å². The fraction of sp³-hybridized carbons (Fsp3) is 0.818. The summed E-state index contributed by atoms with van der Waals surface area (Å²) in [6.45, 7) is 6.54. The number of hydrogen-bond donors (Lipinski definition) is 3. The van der Waals surface area contributed by atoms with Gasteiger partial charge in [-0.2, -0.15) is 0 Å². The summed E-state index contributed by atoms with van der Waals surface area (Å²) < 4.78 is 5.13. The van der Waals surface area contributed by atoms with Crippen LogP contribution < -0.4 is 10.6 Å². The molecular weight excluding hydrogens is 224 g/mol. The maximum absolute atomic E-state index is 11.5. The van der Waals surface area contributed by atoms with Crippen molar-refractivity contribution in [3.8, 4) is 0 Å². The lowest BCUT2D eigenvalue weighted by Gasteiger charge is -2.23. The molecule has 1 aliphatic heterocycles. The average molecular weight is 244 g/mol. The van der Waals surface area contributed by atoms with Gasteiger partial charge in [-0.25, -0.2) is 4.79 Å². The number of carbonyl (C=O) groups excluding carboxylic acids is 1. The monoisotopic (exact) mass is 244 g/mol. The first-order valence-electron chi connectivity index (χ1n) is 5.70. The smallest absolute Gasteiger partial charge is 0.407 e. The van der Waals surface area contributed by atoms with E-state index in [0.29, 0.717) is 13.1 Å². The van der Waals surface area contributed by atoms with Gasteiger partial charge in [0.15, 0.2) is 0 Å². The Balaban J connectivity index is 2.44. The molecule has 1 amide bonds. The average Bonchev–Trinajstić information content (AvgIpc) is 2.47. The van der Waals surface area contributed by atoms with E-state index < -0.39 is 17.7 Å². The zero-order valence-corrected chi connectivity index (χ0v) is 10.4. The predicted octanol–water partition coefficient (Wildman–Crippen LogP) is 0.574. The number of aliphatic carboxylic acids is 1. The molecular formula is C11H20N2O4. The Morgan fingerprint density at radius 3 is 2.59 bits per heavy atom. The molecule has 0 spiro atoms.